The van der Waals surface area contributed by atoms with Crippen molar-refractivity contribution in [2.45, 2.75) is 63.8 Å². The van der Waals surface area contributed by atoms with Crippen molar-refractivity contribution in [2.75, 3.05) is 18.4 Å². The molecular formula is C26H31N3O12. The molecule has 4 atom stereocenters. The van der Waals surface area contributed by atoms with Crippen LogP contribution in [0.25, 0.3) is 0 Å². The molecule has 15 heteroatoms. The molecule has 5 N–H and O–H groups in total. The number of amides is 4. The third-order valence-corrected chi connectivity index (χ3v) is 6.06. The van der Waals surface area contributed by atoms with Crippen molar-refractivity contribution in [3.05, 3.63) is 35.9 Å². The molecule has 0 bridgehead atoms. The fourth-order valence-electron chi connectivity index (χ4n) is 3.98. The molecule has 1 aromatic rings. The Kier molecular flexibility index (Phi) is 10.9. The minimum absolute atomic E-state index is 0.0206. The number of aliphatic carboxylic acids is 1. The number of rotatable bonds is 13. The number of hydrogen-bond acceptors (Lipinski definition) is 11. The van der Waals surface area contributed by atoms with Crippen molar-refractivity contribution in [2.24, 2.45) is 0 Å². The highest BCUT2D eigenvalue weighted by molar-refractivity contribution is 6.12. The quantitative estimate of drug-likeness (QED) is 0.144. The lowest BCUT2D eigenvalue weighted by atomic mass is 10.0. The molecule has 1 fully saturated rings. The van der Waals surface area contributed by atoms with Crippen LogP contribution in [0.15, 0.2) is 30.4 Å². The normalized spacial score (nSPS) is 21.9. The molecule has 0 saturated carbocycles. The third kappa shape index (κ3) is 9.09. The van der Waals surface area contributed by atoms with Gasteiger partial charge in [-0.3, -0.25) is 28.9 Å². The SMILES string of the molecule is CC(=O)OCc1ccc(OC2CC(O)C(O)C(C(=O)O)O2)c(NC(=O)CCNC(=O)CCCN2C(=O)C=CC2=O)c1. The Hall–Kier alpha value is -4.34. The minimum Gasteiger partial charge on any atom is -0.479 e. The fraction of sp³-hybridized carbons (Fsp3) is 0.462. The number of carboxylic acid groups (broad SMARTS) is 1. The number of carbonyl (C=O) groups is 6. The standard InChI is InChI=1S/C26H31N3O12/c1-14(30)39-13-15-4-5-18(40-23-12-17(31)24(36)25(41-23)26(37)38)16(11-15)28-20(33)8-9-27-19(32)3-2-10-29-21(34)6-7-22(29)35/h4-7,11,17,23-25,31,36H,2-3,8-10,12-13H2,1H3,(H,27,32)(H,28,33)(H,37,38). The topological polar surface area (TPSA) is 218 Å². The Morgan fingerprint density at radius 1 is 1.07 bits per heavy atom. The molecule has 0 radical (unpaired) electrons. The summed E-state index contributed by atoms with van der Waals surface area (Å²) in [4.78, 5) is 71.4. The van der Waals surface area contributed by atoms with E-state index in [0.717, 1.165) is 17.1 Å². The Morgan fingerprint density at radius 3 is 2.44 bits per heavy atom. The maximum atomic E-state index is 12.6. The first-order chi connectivity index (χ1) is 19.4. The van der Waals surface area contributed by atoms with E-state index >= 15 is 0 Å². The van der Waals surface area contributed by atoms with Crippen LogP contribution in [0, 0.1) is 0 Å². The van der Waals surface area contributed by atoms with E-state index in [4.69, 9.17) is 14.2 Å². The van der Waals surface area contributed by atoms with Crippen LogP contribution >= 0.6 is 0 Å². The monoisotopic (exact) mass is 577 g/mol. The smallest absolute Gasteiger partial charge is 0.335 e. The maximum Gasteiger partial charge on any atom is 0.335 e. The van der Waals surface area contributed by atoms with E-state index in [1.54, 1.807) is 0 Å². The van der Waals surface area contributed by atoms with Gasteiger partial charge in [-0.15, -0.1) is 0 Å². The van der Waals surface area contributed by atoms with Crippen LogP contribution in [0.1, 0.15) is 38.2 Å². The number of hydrogen-bond donors (Lipinski definition) is 5. The van der Waals surface area contributed by atoms with Crippen LogP contribution in [0.4, 0.5) is 5.69 Å². The van der Waals surface area contributed by atoms with Crippen LogP contribution in [-0.4, -0.2) is 93.5 Å². The average molecular weight is 578 g/mol. The number of imide groups is 1. The van der Waals surface area contributed by atoms with Gasteiger partial charge in [-0.1, -0.05) is 6.07 Å². The first kappa shape index (κ1) is 31.2. The Bertz CT molecular complexity index is 1200. The number of carboxylic acids is 1. The zero-order valence-corrected chi connectivity index (χ0v) is 22.1. The highest BCUT2D eigenvalue weighted by atomic mass is 16.7. The zero-order valence-electron chi connectivity index (χ0n) is 22.1. The lowest BCUT2D eigenvalue weighted by Gasteiger charge is -2.35. The zero-order chi connectivity index (χ0) is 30.1. The number of carbonyl (C=O) groups excluding carboxylic acids is 5. The molecule has 4 amide bonds. The van der Waals surface area contributed by atoms with Gasteiger partial charge in [0.05, 0.1) is 11.8 Å². The second kappa shape index (κ2) is 14.3. The van der Waals surface area contributed by atoms with Gasteiger partial charge in [0.1, 0.15) is 18.5 Å². The summed E-state index contributed by atoms with van der Waals surface area (Å²) in [6, 6.07) is 4.43. The lowest BCUT2D eigenvalue weighted by Crippen LogP contribution is -2.53. The Balaban J connectivity index is 1.56. The summed E-state index contributed by atoms with van der Waals surface area (Å²) in [5.74, 6) is -3.73. The number of ether oxygens (including phenoxy) is 3. The largest absolute Gasteiger partial charge is 0.479 e. The van der Waals surface area contributed by atoms with E-state index in [9.17, 15) is 44.1 Å². The average Bonchev–Trinajstić information content (AvgIpc) is 3.22. The van der Waals surface area contributed by atoms with E-state index in [0.29, 0.717) is 5.56 Å². The number of aliphatic hydroxyl groups excluding tert-OH is 2. The minimum atomic E-state index is -1.73. The molecule has 2 aliphatic rings. The van der Waals surface area contributed by atoms with Crippen LogP contribution < -0.4 is 15.4 Å². The van der Waals surface area contributed by atoms with Crippen molar-refractivity contribution in [1.82, 2.24) is 10.2 Å². The molecule has 1 saturated heterocycles. The summed E-state index contributed by atoms with van der Waals surface area (Å²) >= 11 is 0. The Morgan fingerprint density at radius 2 is 1.78 bits per heavy atom. The van der Waals surface area contributed by atoms with Crippen molar-refractivity contribution in [1.29, 1.82) is 0 Å². The maximum absolute atomic E-state index is 12.6. The summed E-state index contributed by atoms with van der Waals surface area (Å²) < 4.78 is 15.9. The van der Waals surface area contributed by atoms with Crippen molar-refractivity contribution in [3.63, 3.8) is 0 Å². The van der Waals surface area contributed by atoms with Gasteiger partial charge in [0.2, 0.25) is 18.1 Å². The highest BCUT2D eigenvalue weighted by Crippen LogP contribution is 2.31. The second-order valence-electron chi connectivity index (χ2n) is 9.26. The predicted octanol–water partition coefficient (Wildman–Crippen LogP) is -0.800. The van der Waals surface area contributed by atoms with Gasteiger partial charge in [-0.25, -0.2) is 4.79 Å². The van der Waals surface area contributed by atoms with Gasteiger partial charge in [0.25, 0.3) is 11.8 Å². The number of benzene rings is 1. The molecule has 3 rings (SSSR count). The second-order valence-corrected chi connectivity index (χ2v) is 9.26. The van der Waals surface area contributed by atoms with Crippen LogP contribution in [0.5, 0.6) is 5.75 Å². The molecule has 4 unspecified atom stereocenters. The van der Waals surface area contributed by atoms with Crippen LogP contribution in [0.3, 0.4) is 0 Å². The summed E-state index contributed by atoms with van der Waals surface area (Å²) in [5, 5.41) is 34.4. The van der Waals surface area contributed by atoms with E-state index in [-0.39, 0.29) is 62.7 Å². The summed E-state index contributed by atoms with van der Waals surface area (Å²) in [7, 11) is 0. The fourth-order valence-corrected chi connectivity index (χ4v) is 3.98. The molecular weight excluding hydrogens is 546 g/mol. The summed E-state index contributed by atoms with van der Waals surface area (Å²) in [6.07, 6.45) is -3.89. The highest BCUT2D eigenvalue weighted by Gasteiger charge is 2.42. The lowest BCUT2D eigenvalue weighted by molar-refractivity contribution is -0.228. The van der Waals surface area contributed by atoms with Gasteiger partial charge in [-0.05, 0) is 24.1 Å². The molecule has 15 nitrogen and oxygen atoms in total. The first-order valence-electron chi connectivity index (χ1n) is 12.7. The molecule has 41 heavy (non-hydrogen) atoms. The number of aliphatic hydroxyl groups is 2. The number of nitrogens with zero attached hydrogens (tertiary/aromatic N) is 1. The molecule has 2 heterocycles. The van der Waals surface area contributed by atoms with E-state index < -0.39 is 54.3 Å². The van der Waals surface area contributed by atoms with Gasteiger partial charge in [-0.2, -0.15) is 0 Å². The predicted molar refractivity (Wildman–Crippen MR) is 137 cm³/mol. The van der Waals surface area contributed by atoms with Gasteiger partial charge in [0, 0.05) is 51.4 Å². The van der Waals surface area contributed by atoms with Crippen molar-refractivity contribution in [3.8, 4) is 5.75 Å². The van der Waals surface area contributed by atoms with Crippen LogP contribution in [-0.2, 0) is 44.8 Å². The third-order valence-electron chi connectivity index (χ3n) is 6.06. The number of esters is 1. The van der Waals surface area contributed by atoms with Crippen molar-refractivity contribution >= 4 is 41.3 Å². The molecule has 1 aromatic carbocycles. The summed E-state index contributed by atoms with van der Waals surface area (Å²) in [6.45, 7) is 1.20. The van der Waals surface area contributed by atoms with E-state index in [1.807, 2.05) is 0 Å². The van der Waals surface area contributed by atoms with E-state index in [2.05, 4.69) is 10.6 Å². The molecule has 0 aliphatic carbocycles. The van der Waals surface area contributed by atoms with Crippen molar-refractivity contribution < 1.29 is 58.3 Å². The van der Waals surface area contributed by atoms with Gasteiger partial charge < -0.3 is 40.2 Å². The van der Waals surface area contributed by atoms with Gasteiger partial charge in [0.15, 0.2) is 6.10 Å². The van der Waals surface area contributed by atoms with Gasteiger partial charge >= 0.3 is 11.9 Å². The molecule has 222 valence electrons. The molecule has 2 aliphatic heterocycles. The number of anilines is 1. The molecule has 0 spiro atoms. The van der Waals surface area contributed by atoms with Crippen LogP contribution in [0.2, 0.25) is 0 Å². The van der Waals surface area contributed by atoms with E-state index in [1.165, 1.54) is 25.1 Å². The Labute approximate surface area is 234 Å². The molecule has 0 aromatic heterocycles. The summed E-state index contributed by atoms with van der Waals surface area (Å²) in [5.41, 5.74) is 0.611. The number of nitrogens with one attached hydrogen (secondary N) is 2. The first-order valence-corrected chi connectivity index (χ1v) is 12.7.